The van der Waals surface area contributed by atoms with E-state index < -0.39 is 10.0 Å². The second-order valence-electron chi connectivity index (χ2n) is 8.06. The Morgan fingerprint density at radius 1 is 1.00 bits per heavy atom. The van der Waals surface area contributed by atoms with Crippen molar-refractivity contribution in [1.82, 2.24) is 4.31 Å². The monoisotopic (exact) mass is 400 g/mol. The zero-order chi connectivity index (χ0) is 20.5. The topological polar surface area (TPSA) is 66.5 Å². The molecule has 5 nitrogen and oxygen atoms in total. The van der Waals surface area contributed by atoms with E-state index in [1.165, 1.54) is 12.1 Å². The van der Waals surface area contributed by atoms with E-state index in [0.29, 0.717) is 30.5 Å². The molecule has 1 aliphatic rings. The molecule has 0 unspecified atom stereocenters. The van der Waals surface area contributed by atoms with Crippen LogP contribution in [-0.2, 0) is 10.0 Å². The fourth-order valence-electron chi connectivity index (χ4n) is 3.88. The van der Waals surface area contributed by atoms with Gasteiger partial charge in [0.15, 0.2) is 0 Å². The Kier molecular flexibility index (Phi) is 5.91. The molecule has 0 bridgehead atoms. The minimum absolute atomic E-state index is 0.233. The number of benzene rings is 2. The molecule has 2 atom stereocenters. The van der Waals surface area contributed by atoms with E-state index in [0.717, 1.165) is 23.2 Å². The summed E-state index contributed by atoms with van der Waals surface area (Å²) in [7, 11) is -3.54. The average Bonchev–Trinajstić information content (AvgIpc) is 2.63. The first-order chi connectivity index (χ1) is 13.2. The molecule has 0 spiro atoms. The summed E-state index contributed by atoms with van der Waals surface area (Å²) in [6.07, 6.45) is 1.05. The molecule has 0 aromatic heterocycles. The van der Waals surface area contributed by atoms with Crippen molar-refractivity contribution < 1.29 is 13.2 Å². The molecule has 3 rings (SSSR count). The van der Waals surface area contributed by atoms with Crippen LogP contribution in [0.1, 0.15) is 41.8 Å². The van der Waals surface area contributed by atoms with Crippen molar-refractivity contribution in [3.8, 4) is 0 Å². The quantitative estimate of drug-likeness (QED) is 0.835. The molecule has 1 saturated heterocycles. The van der Waals surface area contributed by atoms with E-state index >= 15 is 0 Å². The van der Waals surface area contributed by atoms with Crippen molar-refractivity contribution in [3.63, 3.8) is 0 Å². The van der Waals surface area contributed by atoms with Gasteiger partial charge in [-0.15, -0.1) is 0 Å². The van der Waals surface area contributed by atoms with E-state index in [4.69, 9.17) is 0 Å². The van der Waals surface area contributed by atoms with Crippen LogP contribution < -0.4 is 5.32 Å². The molecule has 0 saturated carbocycles. The largest absolute Gasteiger partial charge is 0.322 e. The number of nitrogens with one attached hydrogen (secondary N) is 1. The van der Waals surface area contributed by atoms with Gasteiger partial charge in [0.05, 0.1) is 4.90 Å². The maximum Gasteiger partial charge on any atom is 0.255 e. The van der Waals surface area contributed by atoms with Crippen LogP contribution in [0.5, 0.6) is 0 Å². The van der Waals surface area contributed by atoms with E-state index in [2.05, 4.69) is 19.2 Å². The third-order valence-electron chi connectivity index (χ3n) is 5.22. The molecule has 6 heteroatoms. The fourth-order valence-corrected chi connectivity index (χ4v) is 5.56. The molecule has 150 valence electrons. The van der Waals surface area contributed by atoms with Gasteiger partial charge in [-0.05, 0) is 68.0 Å². The highest BCUT2D eigenvalue weighted by Crippen LogP contribution is 2.27. The first-order valence-corrected chi connectivity index (χ1v) is 11.1. The number of nitrogens with zero attached hydrogens (tertiary/aromatic N) is 1. The minimum Gasteiger partial charge on any atom is -0.322 e. The molecule has 0 aliphatic carbocycles. The summed E-state index contributed by atoms with van der Waals surface area (Å²) in [5.41, 5.74) is 3.30. The summed E-state index contributed by atoms with van der Waals surface area (Å²) in [6, 6.07) is 12.0. The molecule has 1 fully saturated rings. The smallest absolute Gasteiger partial charge is 0.255 e. The molecule has 1 aliphatic heterocycles. The molecule has 1 heterocycles. The lowest BCUT2D eigenvalue weighted by atomic mass is 9.94. The molecular weight excluding hydrogens is 372 g/mol. The number of carbonyl (C=O) groups is 1. The summed E-state index contributed by atoms with van der Waals surface area (Å²) in [4.78, 5) is 12.8. The maximum absolute atomic E-state index is 13.0. The number of rotatable bonds is 4. The van der Waals surface area contributed by atoms with Crippen molar-refractivity contribution in [2.45, 2.75) is 39.0 Å². The third kappa shape index (κ3) is 4.45. The van der Waals surface area contributed by atoms with Crippen LogP contribution in [0.2, 0.25) is 0 Å². The highest BCUT2D eigenvalue weighted by atomic mass is 32.2. The normalized spacial score (nSPS) is 20.7. The zero-order valence-corrected chi connectivity index (χ0v) is 17.7. The number of hydrogen-bond acceptors (Lipinski definition) is 3. The van der Waals surface area contributed by atoms with Gasteiger partial charge in [0.2, 0.25) is 10.0 Å². The van der Waals surface area contributed by atoms with E-state index in [9.17, 15) is 13.2 Å². The first kappa shape index (κ1) is 20.6. The van der Waals surface area contributed by atoms with Crippen LogP contribution >= 0.6 is 0 Å². The predicted molar refractivity (Wildman–Crippen MR) is 112 cm³/mol. The highest BCUT2D eigenvalue weighted by molar-refractivity contribution is 7.89. The second-order valence-corrected chi connectivity index (χ2v) is 10.0. The number of aryl methyl sites for hydroxylation is 2. The van der Waals surface area contributed by atoms with Gasteiger partial charge >= 0.3 is 0 Å². The van der Waals surface area contributed by atoms with Gasteiger partial charge in [-0.25, -0.2) is 8.42 Å². The van der Waals surface area contributed by atoms with Crippen LogP contribution in [0.15, 0.2) is 47.4 Å². The maximum atomic E-state index is 13.0. The number of hydrogen-bond donors (Lipinski definition) is 1. The minimum atomic E-state index is -3.54. The summed E-state index contributed by atoms with van der Waals surface area (Å²) in [6.45, 7) is 9.20. The van der Waals surface area contributed by atoms with Gasteiger partial charge in [0.25, 0.3) is 5.91 Å². The molecule has 28 heavy (non-hydrogen) atoms. The highest BCUT2D eigenvalue weighted by Gasteiger charge is 2.31. The van der Waals surface area contributed by atoms with Crippen LogP contribution in [-0.4, -0.2) is 31.7 Å². The Labute approximate surface area is 167 Å². The number of amides is 1. The van der Waals surface area contributed by atoms with E-state index in [1.807, 2.05) is 32.0 Å². The number of carbonyl (C=O) groups excluding carboxylic acids is 1. The SMILES string of the molecule is Cc1ccc(NC(=O)c2ccc(S(=O)(=O)N3C[C@H](C)C[C@H](C)C3)cc2)c(C)c1. The van der Waals surface area contributed by atoms with Crippen LogP contribution in [0.4, 0.5) is 5.69 Å². The lowest BCUT2D eigenvalue weighted by Gasteiger charge is -2.34. The van der Waals surface area contributed by atoms with Gasteiger partial charge in [-0.3, -0.25) is 4.79 Å². The van der Waals surface area contributed by atoms with Crippen LogP contribution in [0.3, 0.4) is 0 Å². The summed E-state index contributed by atoms with van der Waals surface area (Å²) >= 11 is 0. The Hall–Kier alpha value is -2.18. The fraction of sp³-hybridized carbons (Fsp3) is 0.409. The van der Waals surface area contributed by atoms with Crippen molar-refractivity contribution in [2.24, 2.45) is 11.8 Å². The van der Waals surface area contributed by atoms with Gasteiger partial charge < -0.3 is 5.32 Å². The van der Waals surface area contributed by atoms with Crippen molar-refractivity contribution >= 4 is 21.6 Å². The zero-order valence-electron chi connectivity index (χ0n) is 16.9. The third-order valence-corrected chi connectivity index (χ3v) is 7.07. The van der Waals surface area contributed by atoms with Gasteiger partial charge in [0.1, 0.15) is 0 Å². The van der Waals surface area contributed by atoms with Crippen molar-refractivity contribution in [1.29, 1.82) is 0 Å². The van der Waals surface area contributed by atoms with Gasteiger partial charge in [-0.2, -0.15) is 4.31 Å². The Balaban J connectivity index is 1.76. The molecule has 2 aromatic rings. The summed E-state index contributed by atoms with van der Waals surface area (Å²) in [5, 5.41) is 2.89. The lowest BCUT2D eigenvalue weighted by molar-refractivity contribution is 0.102. The standard InChI is InChI=1S/C22H28N2O3S/c1-15-5-10-21(18(4)12-15)23-22(25)19-6-8-20(9-7-19)28(26,27)24-13-16(2)11-17(3)14-24/h5-10,12,16-17H,11,13-14H2,1-4H3,(H,23,25)/t16-,17+. The molecule has 2 aromatic carbocycles. The number of sulfonamides is 1. The molecule has 0 radical (unpaired) electrons. The Bertz CT molecular complexity index is 958. The van der Waals surface area contributed by atoms with Crippen molar-refractivity contribution in [3.05, 3.63) is 59.2 Å². The molecule has 1 N–H and O–H groups in total. The summed E-state index contributed by atoms with van der Waals surface area (Å²) < 4.78 is 27.5. The van der Waals surface area contributed by atoms with E-state index in [-0.39, 0.29) is 10.8 Å². The first-order valence-electron chi connectivity index (χ1n) is 9.65. The molecular formula is C22H28N2O3S. The van der Waals surface area contributed by atoms with Gasteiger partial charge in [-0.1, -0.05) is 31.5 Å². The number of anilines is 1. The van der Waals surface area contributed by atoms with Gasteiger partial charge in [0, 0.05) is 24.3 Å². The predicted octanol–water partition coefficient (Wildman–Crippen LogP) is 4.22. The number of piperidine rings is 1. The van der Waals surface area contributed by atoms with Crippen LogP contribution in [0.25, 0.3) is 0 Å². The van der Waals surface area contributed by atoms with E-state index in [1.54, 1.807) is 16.4 Å². The van der Waals surface area contributed by atoms with Crippen LogP contribution in [0, 0.1) is 25.7 Å². The Morgan fingerprint density at radius 2 is 1.61 bits per heavy atom. The van der Waals surface area contributed by atoms with Crippen molar-refractivity contribution in [2.75, 3.05) is 18.4 Å². The summed E-state index contributed by atoms with van der Waals surface area (Å²) in [5.74, 6) is 0.443. The molecule has 1 amide bonds. The lowest BCUT2D eigenvalue weighted by Crippen LogP contribution is -2.42. The average molecular weight is 401 g/mol. The Morgan fingerprint density at radius 3 is 2.18 bits per heavy atom. The second kappa shape index (κ2) is 8.05.